The third-order valence-electron chi connectivity index (χ3n) is 4.18. The third kappa shape index (κ3) is 4.33. The molecule has 6 heteroatoms. The molecule has 1 N–H and O–H groups in total. The van der Waals surface area contributed by atoms with E-state index in [0.29, 0.717) is 16.6 Å². The summed E-state index contributed by atoms with van der Waals surface area (Å²) in [6.45, 7) is 2.25. The first-order valence-corrected chi connectivity index (χ1v) is 9.03. The monoisotopic (exact) mass is 356 g/mol. The summed E-state index contributed by atoms with van der Waals surface area (Å²) in [6, 6.07) is 6.86. The molecule has 0 unspecified atom stereocenters. The second kappa shape index (κ2) is 7.61. The number of thiazole rings is 1. The van der Waals surface area contributed by atoms with E-state index >= 15 is 0 Å². The molecule has 0 bridgehead atoms. The first-order valence-electron chi connectivity index (χ1n) is 8.21. The number of methoxy groups -OCH3 is 1. The summed E-state index contributed by atoms with van der Waals surface area (Å²) in [5.41, 5.74) is 2.43. The Labute approximate surface area is 150 Å². The molecule has 0 saturated carbocycles. The molecule has 3 rings (SSSR count). The molecule has 1 atom stereocenters. The van der Waals surface area contributed by atoms with E-state index in [9.17, 15) is 9.59 Å². The highest BCUT2D eigenvalue weighted by Gasteiger charge is 2.20. The van der Waals surface area contributed by atoms with E-state index in [0.717, 1.165) is 30.5 Å². The lowest BCUT2D eigenvalue weighted by Gasteiger charge is -2.15. The second-order valence-electron chi connectivity index (χ2n) is 6.17. The van der Waals surface area contributed by atoms with Crippen molar-refractivity contribution in [3.8, 4) is 0 Å². The van der Waals surface area contributed by atoms with Crippen LogP contribution in [0.5, 0.6) is 0 Å². The lowest BCUT2D eigenvalue weighted by Crippen LogP contribution is -2.09. The van der Waals surface area contributed by atoms with Crippen molar-refractivity contribution in [3.05, 3.63) is 52.0 Å². The van der Waals surface area contributed by atoms with Gasteiger partial charge >= 0.3 is 5.97 Å². The van der Waals surface area contributed by atoms with Crippen LogP contribution in [0, 0.1) is 5.92 Å². The minimum Gasteiger partial charge on any atom is -0.465 e. The predicted molar refractivity (Wildman–Crippen MR) is 98.7 cm³/mol. The number of hydrogen-bond donors (Lipinski definition) is 1. The maximum absolute atomic E-state index is 12.1. The second-order valence-corrected chi connectivity index (χ2v) is 7.26. The number of hydrogen-bond acceptors (Lipinski definition) is 5. The lowest BCUT2D eigenvalue weighted by atomic mass is 9.93. The van der Waals surface area contributed by atoms with E-state index in [1.54, 1.807) is 41.7 Å². The minimum absolute atomic E-state index is 0.212. The molecule has 25 heavy (non-hydrogen) atoms. The van der Waals surface area contributed by atoms with Crippen LogP contribution in [0.25, 0.3) is 6.08 Å². The summed E-state index contributed by atoms with van der Waals surface area (Å²) >= 11 is 1.57. The Morgan fingerprint density at radius 1 is 1.32 bits per heavy atom. The van der Waals surface area contributed by atoms with Gasteiger partial charge in [-0.15, -0.1) is 11.3 Å². The van der Waals surface area contributed by atoms with Gasteiger partial charge in [0.05, 0.1) is 18.4 Å². The number of carbonyl (C=O) groups excluding carboxylic acids is 2. The number of nitrogens with one attached hydrogen (secondary N) is 1. The number of esters is 1. The molecule has 1 aromatic carbocycles. The highest BCUT2D eigenvalue weighted by molar-refractivity contribution is 7.15. The number of rotatable bonds is 4. The Morgan fingerprint density at radius 2 is 2.08 bits per heavy atom. The summed E-state index contributed by atoms with van der Waals surface area (Å²) in [7, 11) is 1.34. The lowest BCUT2D eigenvalue weighted by molar-refractivity contribution is -0.111. The molecule has 1 amide bonds. The fourth-order valence-corrected chi connectivity index (χ4v) is 3.93. The topological polar surface area (TPSA) is 68.3 Å². The Kier molecular flexibility index (Phi) is 5.28. The molecule has 2 aromatic rings. The summed E-state index contributed by atoms with van der Waals surface area (Å²) in [6.07, 6.45) is 6.37. The van der Waals surface area contributed by atoms with Crippen LogP contribution in [-0.4, -0.2) is 24.0 Å². The highest BCUT2D eigenvalue weighted by Crippen LogP contribution is 2.32. The van der Waals surface area contributed by atoms with Crippen molar-refractivity contribution in [1.82, 2.24) is 4.98 Å². The van der Waals surface area contributed by atoms with E-state index in [2.05, 4.69) is 22.0 Å². The van der Waals surface area contributed by atoms with Gasteiger partial charge in [0.25, 0.3) is 0 Å². The molecule has 0 aliphatic heterocycles. The number of benzene rings is 1. The molecule has 1 heterocycles. The van der Waals surface area contributed by atoms with Gasteiger partial charge in [-0.05, 0) is 49.0 Å². The number of aromatic nitrogens is 1. The van der Waals surface area contributed by atoms with Gasteiger partial charge < -0.3 is 4.74 Å². The zero-order valence-electron chi connectivity index (χ0n) is 14.2. The van der Waals surface area contributed by atoms with Gasteiger partial charge in [0, 0.05) is 11.0 Å². The average Bonchev–Trinajstić information content (AvgIpc) is 3.01. The fraction of sp³-hybridized carbons (Fsp3) is 0.316. The van der Waals surface area contributed by atoms with Crippen molar-refractivity contribution < 1.29 is 14.3 Å². The number of ether oxygens (including phenoxy) is 1. The number of amides is 1. The largest absolute Gasteiger partial charge is 0.465 e. The maximum Gasteiger partial charge on any atom is 0.337 e. The molecule has 0 radical (unpaired) electrons. The van der Waals surface area contributed by atoms with E-state index in [-0.39, 0.29) is 11.9 Å². The Bertz CT molecular complexity index is 809. The van der Waals surface area contributed by atoms with Crippen LogP contribution in [-0.2, 0) is 22.4 Å². The standard InChI is InChI=1S/C19H20N2O3S/c1-12-3-9-15-16(11-12)25-19(20-15)21-17(22)10-6-13-4-7-14(8-5-13)18(23)24-2/h4-8,10,12H,3,9,11H2,1-2H3,(H,20,21,22)/b10-6+/t12-/m0/s1. The first-order chi connectivity index (χ1) is 12.0. The number of nitrogens with zero attached hydrogens (tertiary/aromatic N) is 1. The van der Waals surface area contributed by atoms with E-state index < -0.39 is 0 Å². The minimum atomic E-state index is -0.379. The quantitative estimate of drug-likeness (QED) is 0.670. The van der Waals surface area contributed by atoms with Crippen molar-refractivity contribution in [3.63, 3.8) is 0 Å². The highest BCUT2D eigenvalue weighted by atomic mass is 32.1. The van der Waals surface area contributed by atoms with Gasteiger partial charge in [-0.2, -0.15) is 0 Å². The smallest absolute Gasteiger partial charge is 0.337 e. The van der Waals surface area contributed by atoms with Gasteiger partial charge in [0.2, 0.25) is 5.91 Å². The molecule has 1 aromatic heterocycles. The maximum atomic E-state index is 12.1. The van der Waals surface area contributed by atoms with Crippen LogP contribution in [0.2, 0.25) is 0 Å². The fourth-order valence-electron chi connectivity index (χ4n) is 2.76. The van der Waals surface area contributed by atoms with E-state index in [4.69, 9.17) is 0 Å². The first kappa shape index (κ1) is 17.4. The number of carbonyl (C=O) groups is 2. The normalized spacial score (nSPS) is 16.5. The average molecular weight is 356 g/mol. The molecular formula is C19H20N2O3S. The van der Waals surface area contributed by atoms with Crippen LogP contribution in [0.15, 0.2) is 30.3 Å². The molecule has 130 valence electrons. The number of aryl methyl sites for hydroxylation is 1. The van der Waals surface area contributed by atoms with Crippen molar-refractivity contribution in [1.29, 1.82) is 0 Å². The molecule has 5 nitrogen and oxygen atoms in total. The predicted octanol–water partition coefficient (Wildman–Crippen LogP) is 3.71. The zero-order valence-corrected chi connectivity index (χ0v) is 15.1. The van der Waals surface area contributed by atoms with Gasteiger partial charge in [0.1, 0.15) is 0 Å². The Hall–Kier alpha value is -2.47. The summed E-state index contributed by atoms with van der Waals surface area (Å²) < 4.78 is 4.65. The van der Waals surface area contributed by atoms with Crippen LogP contribution in [0.4, 0.5) is 5.13 Å². The molecule has 1 aliphatic rings. The summed E-state index contributed by atoms with van der Waals surface area (Å²) in [5.74, 6) is 0.0934. The van der Waals surface area contributed by atoms with E-state index in [1.165, 1.54) is 18.1 Å². The van der Waals surface area contributed by atoms with Gasteiger partial charge in [-0.25, -0.2) is 9.78 Å². The zero-order chi connectivity index (χ0) is 17.8. The van der Waals surface area contributed by atoms with Crippen LogP contribution >= 0.6 is 11.3 Å². The van der Waals surface area contributed by atoms with Crippen LogP contribution in [0.3, 0.4) is 0 Å². The number of anilines is 1. The SMILES string of the molecule is COC(=O)c1ccc(/C=C/C(=O)Nc2nc3c(s2)C[C@@H](C)CC3)cc1. The molecular weight excluding hydrogens is 336 g/mol. The van der Waals surface area contributed by atoms with Gasteiger partial charge in [-0.1, -0.05) is 19.1 Å². The Morgan fingerprint density at radius 3 is 2.80 bits per heavy atom. The van der Waals surface area contributed by atoms with E-state index in [1.807, 2.05) is 0 Å². The van der Waals surface area contributed by atoms with Crippen LogP contribution < -0.4 is 5.32 Å². The summed E-state index contributed by atoms with van der Waals surface area (Å²) in [5, 5.41) is 3.49. The molecule has 0 saturated heterocycles. The van der Waals surface area contributed by atoms with Gasteiger partial charge in [-0.3, -0.25) is 10.1 Å². The molecule has 0 spiro atoms. The molecule has 0 fully saturated rings. The van der Waals surface area contributed by atoms with Crippen molar-refractivity contribution in [2.45, 2.75) is 26.2 Å². The van der Waals surface area contributed by atoms with Crippen molar-refractivity contribution in [2.24, 2.45) is 5.92 Å². The van der Waals surface area contributed by atoms with Crippen molar-refractivity contribution >= 4 is 34.4 Å². The Balaban J connectivity index is 1.60. The van der Waals surface area contributed by atoms with Crippen LogP contribution in [0.1, 0.15) is 39.8 Å². The van der Waals surface area contributed by atoms with Gasteiger partial charge in [0.15, 0.2) is 5.13 Å². The summed E-state index contributed by atoms with van der Waals surface area (Å²) in [4.78, 5) is 29.3. The number of fused-ring (bicyclic) bond motifs is 1. The third-order valence-corrected chi connectivity index (χ3v) is 5.21. The molecule has 1 aliphatic carbocycles. The van der Waals surface area contributed by atoms with Crippen molar-refractivity contribution in [2.75, 3.05) is 12.4 Å².